The van der Waals surface area contributed by atoms with E-state index >= 15 is 0 Å². The van der Waals surface area contributed by atoms with E-state index in [1.165, 1.54) is 0 Å². The van der Waals surface area contributed by atoms with Crippen LogP contribution in [0.3, 0.4) is 0 Å². The van der Waals surface area contributed by atoms with Gasteiger partial charge in [0.2, 0.25) is 11.7 Å². The molecular weight excluding hydrogens is 382 g/mol. The number of pyridine rings is 1. The Labute approximate surface area is 146 Å². The molecule has 2 heterocycles. The van der Waals surface area contributed by atoms with Gasteiger partial charge in [-0.05, 0) is 23.8 Å². The summed E-state index contributed by atoms with van der Waals surface area (Å²) < 4.78 is 80.1. The van der Waals surface area contributed by atoms with Crippen LogP contribution in [0.1, 0.15) is 16.2 Å². The highest BCUT2D eigenvalue weighted by atomic mass is 19.4. The highest BCUT2D eigenvalue weighted by Gasteiger charge is 2.37. The summed E-state index contributed by atoms with van der Waals surface area (Å²) in [5.74, 6) is -2.82. The number of hydrogen-bond donors (Lipinski definition) is 1. The van der Waals surface area contributed by atoms with E-state index in [4.69, 9.17) is 5.73 Å². The van der Waals surface area contributed by atoms with Gasteiger partial charge in [-0.15, -0.1) is 23.4 Å². The van der Waals surface area contributed by atoms with E-state index in [0.717, 1.165) is 36.5 Å². The minimum Gasteiger partial charge on any atom is -0.406 e. The van der Waals surface area contributed by atoms with E-state index in [0.29, 0.717) is 4.40 Å². The Hall–Kier alpha value is -3.31. The molecule has 12 heteroatoms. The summed E-state index contributed by atoms with van der Waals surface area (Å²) >= 11 is 0. The molecule has 0 saturated carbocycles. The van der Waals surface area contributed by atoms with Crippen molar-refractivity contribution in [2.45, 2.75) is 12.5 Å². The summed E-state index contributed by atoms with van der Waals surface area (Å²) in [5, 5.41) is 6.40. The van der Waals surface area contributed by atoms with Crippen molar-refractivity contribution in [1.29, 1.82) is 0 Å². The molecule has 3 aromatic rings. The fourth-order valence-corrected chi connectivity index (χ4v) is 2.40. The minimum atomic E-state index is -4.90. The molecule has 0 atom stereocenters. The molecule has 6 nitrogen and oxygen atoms in total. The smallest absolute Gasteiger partial charge is 0.406 e. The first kappa shape index (κ1) is 18.5. The van der Waals surface area contributed by atoms with Crippen molar-refractivity contribution >= 4 is 11.6 Å². The summed E-state index contributed by atoms with van der Waals surface area (Å²) in [4.78, 5) is 11.7. The van der Waals surface area contributed by atoms with Gasteiger partial charge in [0, 0.05) is 11.8 Å². The van der Waals surface area contributed by atoms with Gasteiger partial charge in [-0.25, -0.2) is 0 Å². The number of nitrogens with zero attached hydrogens (tertiary/aromatic N) is 3. The molecule has 142 valence electrons. The number of ether oxygens (including phenoxy) is 1. The molecule has 0 aliphatic heterocycles. The Morgan fingerprint density at radius 3 is 2.19 bits per heavy atom. The predicted octanol–water partition coefficient (Wildman–Crippen LogP) is 3.41. The molecule has 0 unspecified atom stereocenters. The molecule has 0 spiro atoms. The van der Waals surface area contributed by atoms with E-state index in [1.54, 1.807) is 0 Å². The monoisotopic (exact) mass is 390 g/mol. The first-order chi connectivity index (χ1) is 12.5. The zero-order chi connectivity index (χ0) is 20.0. The summed E-state index contributed by atoms with van der Waals surface area (Å²) in [7, 11) is 0. The molecule has 1 aromatic carbocycles. The van der Waals surface area contributed by atoms with Crippen molar-refractivity contribution in [2.75, 3.05) is 0 Å². The molecule has 0 aliphatic carbocycles. The molecule has 27 heavy (non-hydrogen) atoms. The Bertz CT molecular complexity index is 1010. The number of aromatic nitrogens is 3. The van der Waals surface area contributed by atoms with Gasteiger partial charge in [-0.1, -0.05) is 12.1 Å². The fraction of sp³-hybridized carbons (Fsp3) is 0.133. The minimum absolute atomic E-state index is 0.0427. The maximum Gasteiger partial charge on any atom is 0.573 e. The van der Waals surface area contributed by atoms with Crippen LogP contribution in [0.5, 0.6) is 5.75 Å². The number of hydrogen-bond acceptors (Lipinski definition) is 4. The standard InChI is InChI=1S/C15H8F6N4O2/c16-14(17,18)13-24-23-11-5-9(12(22)26)10(6-25(11)13)7-1-3-8(4-2-7)27-15(19,20)21/h1-6H,(H2,22,26). The van der Waals surface area contributed by atoms with Crippen molar-refractivity contribution in [3.8, 4) is 16.9 Å². The van der Waals surface area contributed by atoms with Crippen molar-refractivity contribution in [2.24, 2.45) is 5.73 Å². The number of halogens is 6. The second-order valence-electron chi connectivity index (χ2n) is 5.29. The summed E-state index contributed by atoms with van der Waals surface area (Å²) in [6.45, 7) is 0. The third kappa shape index (κ3) is 3.78. The number of rotatable bonds is 3. The number of alkyl halides is 6. The molecule has 3 rings (SSSR count). The highest BCUT2D eigenvalue weighted by molar-refractivity contribution is 6.00. The Morgan fingerprint density at radius 2 is 1.67 bits per heavy atom. The van der Waals surface area contributed by atoms with E-state index < -0.39 is 30.0 Å². The third-order valence-corrected chi connectivity index (χ3v) is 3.46. The Kier molecular flexibility index (Phi) is 4.20. The lowest BCUT2D eigenvalue weighted by Gasteiger charge is -2.12. The van der Waals surface area contributed by atoms with Crippen LogP contribution in [0.15, 0.2) is 36.5 Å². The highest BCUT2D eigenvalue weighted by Crippen LogP contribution is 2.32. The average Bonchev–Trinajstić information content (AvgIpc) is 2.96. The first-order valence-electron chi connectivity index (χ1n) is 7.07. The Morgan fingerprint density at radius 1 is 1.04 bits per heavy atom. The van der Waals surface area contributed by atoms with Crippen LogP contribution in [-0.2, 0) is 6.18 Å². The lowest BCUT2D eigenvalue weighted by molar-refractivity contribution is -0.274. The molecule has 0 aliphatic rings. The third-order valence-electron chi connectivity index (χ3n) is 3.46. The van der Waals surface area contributed by atoms with E-state index in [2.05, 4.69) is 14.9 Å². The molecule has 0 fully saturated rings. The number of carbonyl (C=O) groups excluding carboxylic acids is 1. The maximum absolute atomic E-state index is 13.0. The van der Waals surface area contributed by atoms with E-state index in [1.807, 2.05) is 0 Å². The van der Waals surface area contributed by atoms with Crippen LogP contribution >= 0.6 is 0 Å². The first-order valence-corrected chi connectivity index (χ1v) is 7.07. The predicted molar refractivity (Wildman–Crippen MR) is 78.6 cm³/mol. The number of amides is 1. The topological polar surface area (TPSA) is 82.5 Å². The van der Waals surface area contributed by atoms with Gasteiger partial charge in [0.25, 0.3) is 0 Å². The van der Waals surface area contributed by atoms with Gasteiger partial charge >= 0.3 is 12.5 Å². The SMILES string of the molecule is NC(=O)c1cc2nnc(C(F)(F)F)n2cc1-c1ccc(OC(F)(F)F)cc1. The molecule has 0 saturated heterocycles. The van der Waals surface area contributed by atoms with Gasteiger partial charge in [-0.2, -0.15) is 13.2 Å². The zero-order valence-corrected chi connectivity index (χ0v) is 13.0. The molecular formula is C15H8F6N4O2. The van der Waals surface area contributed by atoms with Crippen LogP contribution < -0.4 is 10.5 Å². The van der Waals surface area contributed by atoms with E-state index in [9.17, 15) is 31.1 Å². The van der Waals surface area contributed by atoms with Gasteiger partial charge in [0.15, 0.2) is 5.65 Å². The average molecular weight is 390 g/mol. The van der Waals surface area contributed by atoms with Crippen LogP contribution in [0.2, 0.25) is 0 Å². The number of fused-ring (bicyclic) bond motifs is 1. The molecule has 2 N–H and O–H groups in total. The number of nitrogens with two attached hydrogens (primary N) is 1. The normalized spacial score (nSPS) is 12.4. The molecule has 2 aromatic heterocycles. The van der Waals surface area contributed by atoms with Crippen molar-refractivity contribution in [1.82, 2.24) is 14.6 Å². The van der Waals surface area contributed by atoms with Crippen LogP contribution in [0, 0.1) is 0 Å². The zero-order valence-electron chi connectivity index (χ0n) is 13.0. The molecule has 0 radical (unpaired) electrons. The van der Waals surface area contributed by atoms with Crippen LogP contribution in [0.25, 0.3) is 16.8 Å². The number of benzene rings is 1. The maximum atomic E-state index is 13.0. The number of carbonyl (C=O) groups is 1. The second kappa shape index (κ2) is 6.14. The van der Waals surface area contributed by atoms with Crippen molar-refractivity contribution < 1.29 is 35.9 Å². The summed E-state index contributed by atoms with van der Waals surface area (Å²) in [5.41, 5.74) is 4.91. The fourth-order valence-electron chi connectivity index (χ4n) is 2.40. The van der Waals surface area contributed by atoms with Gasteiger partial charge < -0.3 is 10.5 Å². The largest absolute Gasteiger partial charge is 0.573 e. The van der Waals surface area contributed by atoms with Crippen LogP contribution in [-0.4, -0.2) is 26.9 Å². The molecule has 0 bridgehead atoms. The Balaban J connectivity index is 2.14. The van der Waals surface area contributed by atoms with Crippen LogP contribution in [0.4, 0.5) is 26.3 Å². The summed E-state index contributed by atoms with van der Waals surface area (Å²) in [6, 6.07) is 5.21. The second-order valence-corrected chi connectivity index (χ2v) is 5.29. The lowest BCUT2D eigenvalue weighted by Crippen LogP contribution is -2.17. The molecule has 1 amide bonds. The van der Waals surface area contributed by atoms with Crippen molar-refractivity contribution in [3.05, 3.63) is 47.9 Å². The van der Waals surface area contributed by atoms with Gasteiger partial charge in [0.1, 0.15) is 5.75 Å². The summed E-state index contributed by atoms with van der Waals surface area (Å²) in [6.07, 6.45) is -8.77. The van der Waals surface area contributed by atoms with Gasteiger partial charge in [-0.3, -0.25) is 9.20 Å². The number of primary amides is 1. The van der Waals surface area contributed by atoms with E-state index in [-0.39, 0.29) is 22.3 Å². The quantitative estimate of drug-likeness (QED) is 0.695. The van der Waals surface area contributed by atoms with Gasteiger partial charge in [0.05, 0.1) is 5.56 Å². The lowest BCUT2D eigenvalue weighted by atomic mass is 10.0. The van der Waals surface area contributed by atoms with Crippen molar-refractivity contribution in [3.63, 3.8) is 0 Å².